The lowest BCUT2D eigenvalue weighted by Gasteiger charge is -2.31. The summed E-state index contributed by atoms with van der Waals surface area (Å²) in [5, 5.41) is 2.71. The highest BCUT2D eigenvalue weighted by atomic mass is 15.1. The molecule has 0 N–H and O–H groups in total. The maximum Gasteiger partial charge on any atom is 0.0458 e. The van der Waals surface area contributed by atoms with Gasteiger partial charge in [-0.05, 0) is 151 Å². The van der Waals surface area contributed by atoms with Crippen LogP contribution in [0.1, 0.15) is 48.3 Å². The molecule has 0 aromatic heterocycles. The predicted molar refractivity (Wildman–Crippen MR) is 267 cm³/mol. The van der Waals surface area contributed by atoms with Gasteiger partial charge in [-0.25, -0.2) is 0 Å². The summed E-state index contributed by atoms with van der Waals surface area (Å²) in [5.74, 6) is 0.359. The summed E-state index contributed by atoms with van der Waals surface area (Å²) in [6.07, 6.45) is 17.0. The maximum atomic E-state index is 2.49. The number of benzene rings is 8. The van der Waals surface area contributed by atoms with Crippen molar-refractivity contribution in [1.29, 1.82) is 0 Å². The van der Waals surface area contributed by atoms with Crippen molar-refractivity contribution in [3.05, 3.63) is 257 Å². The SMILES string of the molecule is C1=Cc2c(cccc2-c2ccc(N(C3=CC=C(C4=c5ccccc5=CC(c5ccccc5)C4)CC3)c3ccc(-c4cc(-c5ccccc5)ccc4-c4ccccc4)cc3)cc2)CC1. The summed E-state index contributed by atoms with van der Waals surface area (Å²) < 4.78 is 0. The fraction of sp³-hybridized carbons (Fsp3) is 0.0968. The van der Waals surface area contributed by atoms with Crippen LogP contribution in [0.2, 0.25) is 0 Å². The molecular weight excluding hydrogens is 759 g/mol. The van der Waals surface area contributed by atoms with Gasteiger partial charge in [0.25, 0.3) is 0 Å². The summed E-state index contributed by atoms with van der Waals surface area (Å²) in [4.78, 5) is 2.49. The molecule has 3 aliphatic carbocycles. The molecule has 0 bridgehead atoms. The number of hydrogen-bond donors (Lipinski definition) is 0. The first-order valence-corrected chi connectivity index (χ1v) is 22.5. The zero-order chi connectivity index (χ0) is 42.0. The highest BCUT2D eigenvalue weighted by Crippen LogP contribution is 2.42. The lowest BCUT2D eigenvalue weighted by atomic mass is 9.81. The van der Waals surface area contributed by atoms with E-state index in [-0.39, 0.29) is 0 Å². The van der Waals surface area contributed by atoms with Crippen molar-refractivity contribution >= 4 is 29.1 Å². The zero-order valence-electron chi connectivity index (χ0n) is 35.5. The summed E-state index contributed by atoms with van der Waals surface area (Å²) in [7, 11) is 0. The minimum atomic E-state index is 0.359. The van der Waals surface area contributed by atoms with Crippen molar-refractivity contribution in [2.24, 2.45) is 0 Å². The molecule has 1 nitrogen and oxygen atoms in total. The standard InChI is InChI=1S/C62H49N/c1-4-15-44(16-5-1)51-33-40-60(46-19-8-3-9-20-46)61(42-51)49-29-36-55(37-30-49)63(54-34-27-48(28-35-54)58-26-14-23-47-21-10-12-24-57(47)58)56-38-31-50(32-39-56)62-43-53(45-17-6-2-7-18-45)41-52-22-11-13-25-59(52)62/h1-9,11-20,22-31,33-38,40-42,53H,10,21,32,39,43H2. The largest absolute Gasteiger partial charge is 0.314 e. The third-order valence-corrected chi connectivity index (χ3v) is 13.3. The van der Waals surface area contributed by atoms with Gasteiger partial charge in [0.15, 0.2) is 0 Å². The molecule has 0 saturated heterocycles. The summed E-state index contributed by atoms with van der Waals surface area (Å²) >= 11 is 0. The van der Waals surface area contributed by atoms with Crippen LogP contribution in [-0.2, 0) is 6.42 Å². The van der Waals surface area contributed by atoms with E-state index in [1.807, 2.05) is 0 Å². The molecule has 8 aromatic carbocycles. The average molecular weight is 808 g/mol. The fourth-order valence-corrected chi connectivity index (χ4v) is 10.0. The molecule has 8 aromatic rings. The van der Waals surface area contributed by atoms with Crippen molar-refractivity contribution in [2.75, 3.05) is 4.90 Å². The number of fused-ring (bicyclic) bond motifs is 2. The molecule has 0 fully saturated rings. The Hall–Kier alpha value is -7.48. The predicted octanol–water partition coefficient (Wildman–Crippen LogP) is 14.9. The molecule has 1 unspecified atom stereocenters. The van der Waals surface area contributed by atoms with Gasteiger partial charge in [0.1, 0.15) is 0 Å². The Labute approximate surface area is 371 Å². The lowest BCUT2D eigenvalue weighted by Crippen LogP contribution is -2.32. The molecule has 0 aliphatic heterocycles. The van der Waals surface area contributed by atoms with Crippen LogP contribution in [0.5, 0.6) is 0 Å². The number of rotatable bonds is 9. The van der Waals surface area contributed by atoms with Gasteiger partial charge in [-0.3, -0.25) is 0 Å². The number of aryl methyl sites for hydroxylation is 1. The number of nitrogens with zero attached hydrogens (tertiary/aromatic N) is 1. The number of allylic oxidation sites excluding steroid dienone is 5. The first kappa shape index (κ1) is 38.4. The zero-order valence-corrected chi connectivity index (χ0v) is 35.5. The van der Waals surface area contributed by atoms with E-state index < -0.39 is 0 Å². The second-order valence-electron chi connectivity index (χ2n) is 17.0. The highest BCUT2D eigenvalue weighted by Gasteiger charge is 2.23. The van der Waals surface area contributed by atoms with Gasteiger partial charge in [0, 0.05) is 23.0 Å². The molecule has 1 heteroatoms. The van der Waals surface area contributed by atoms with E-state index in [2.05, 4.69) is 235 Å². The van der Waals surface area contributed by atoms with E-state index in [4.69, 9.17) is 0 Å². The molecule has 0 radical (unpaired) electrons. The van der Waals surface area contributed by atoms with Crippen molar-refractivity contribution in [3.63, 3.8) is 0 Å². The van der Waals surface area contributed by atoms with Crippen LogP contribution >= 0.6 is 0 Å². The Kier molecular flexibility index (Phi) is 10.4. The Morgan fingerprint density at radius 1 is 0.444 bits per heavy atom. The van der Waals surface area contributed by atoms with Crippen molar-refractivity contribution < 1.29 is 0 Å². The number of anilines is 2. The summed E-state index contributed by atoms with van der Waals surface area (Å²) in [6, 6.07) is 73.6. The second-order valence-corrected chi connectivity index (χ2v) is 17.0. The van der Waals surface area contributed by atoms with Gasteiger partial charge < -0.3 is 4.90 Å². The topological polar surface area (TPSA) is 3.24 Å². The van der Waals surface area contributed by atoms with Crippen LogP contribution in [0.4, 0.5) is 11.4 Å². The van der Waals surface area contributed by atoms with Crippen molar-refractivity contribution in [2.45, 2.75) is 38.0 Å². The average Bonchev–Trinajstić information content (AvgIpc) is 3.37. The first-order valence-electron chi connectivity index (χ1n) is 22.5. The van der Waals surface area contributed by atoms with Crippen molar-refractivity contribution in [3.8, 4) is 44.5 Å². The molecule has 3 aliphatic rings. The normalized spacial score (nSPS) is 15.4. The highest BCUT2D eigenvalue weighted by molar-refractivity contribution is 5.88. The molecule has 0 amide bonds. The van der Waals surface area contributed by atoms with E-state index in [0.29, 0.717) is 5.92 Å². The van der Waals surface area contributed by atoms with Gasteiger partial charge in [0.2, 0.25) is 0 Å². The number of hydrogen-bond acceptors (Lipinski definition) is 1. The minimum absolute atomic E-state index is 0.359. The second kappa shape index (κ2) is 17.1. The molecule has 0 heterocycles. The first-order chi connectivity index (χ1) is 31.2. The monoisotopic (exact) mass is 807 g/mol. The van der Waals surface area contributed by atoms with Gasteiger partial charge in [0.05, 0.1) is 0 Å². The van der Waals surface area contributed by atoms with E-state index >= 15 is 0 Å². The van der Waals surface area contributed by atoms with E-state index in [1.54, 1.807) is 0 Å². The van der Waals surface area contributed by atoms with Crippen LogP contribution in [-0.4, -0.2) is 0 Å². The molecule has 302 valence electrons. The molecule has 0 saturated carbocycles. The van der Waals surface area contributed by atoms with Gasteiger partial charge >= 0.3 is 0 Å². The van der Waals surface area contributed by atoms with Crippen LogP contribution in [0, 0.1) is 0 Å². The minimum Gasteiger partial charge on any atom is -0.314 e. The fourth-order valence-electron chi connectivity index (χ4n) is 10.0. The molecule has 63 heavy (non-hydrogen) atoms. The van der Waals surface area contributed by atoms with Crippen LogP contribution in [0.25, 0.3) is 62.2 Å². The van der Waals surface area contributed by atoms with Crippen molar-refractivity contribution in [1.82, 2.24) is 0 Å². The smallest absolute Gasteiger partial charge is 0.0458 e. The summed E-state index contributed by atoms with van der Waals surface area (Å²) in [5.41, 5.74) is 20.6. The molecular formula is C62H49N. The third-order valence-electron chi connectivity index (χ3n) is 13.3. The van der Waals surface area contributed by atoms with Gasteiger partial charge in [-0.2, -0.15) is 0 Å². The molecule has 0 spiro atoms. The van der Waals surface area contributed by atoms with E-state index in [9.17, 15) is 0 Å². The van der Waals surface area contributed by atoms with Gasteiger partial charge in [-0.15, -0.1) is 0 Å². The Balaban J connectivity index is 0.994. The molecule has 11 rings (SSSR count). The Morgan fingerprint density at radius 2 is 1.08 bits per heavy atom. The van der Waals surface area contributed by atoms with Crippen LogP contribution in [0.15, 0.2) is 230 Å². The third kappa shape index (κ3) is 7.73. The summed E-state index contributed by atoms with van der Waals surface area (Å²) in [6.45, 7) is 0. The van der Waals surface area contributed by atoms with Crippen LogP contribution < -0.4 is 15.3 Å². The lowest BCUT2D eigenvalue weighted by molar-refractivity contribution is 0.852. The maximum absolute atomic E-state index is 2.49. The van der Waals surface area contributed by atoms with Gasteiger partial charge in [-0.1, -0.05) is 194 Å². The quantitative estimate of drug-likeness (QED) is 0.140. The Morgan fingerprint density at radius 3 is 1.79 bits per heavy atom. The van der Waals surface area contributed by atoms with E-state index in [0.717, 1.165) is 37.8 Å². The molecule has 1 atom stereocenters. The van der Waals surface area contributed by atoms with E-state index in [1.165, 1.54) is 94.2 Å². The van der Waals surface area contributed by atoms with Crippen LogP contribution in [0.3, 0.4) is 0 Å². The Bertz CT molecular complexity index is 3150.